The lowest BCUT2D eigenvalue weighted by molar-refractivity contribution is 0.0696. The van der Waals surface area contributed by atoms with Gasteiger partial charge in [0.05, 0.1) is 5.56 Å². The van der Waals surface area contributed by atoms with E-state index in [1.165, 1.54) is 19.3 Å². The van der Waals surface area contributed by atoms with Crippen LogP contribution in [0.15, 0.2) is 18.2 Å². The third-order valence-corrected chi connectivity index (χ3v) is 4.69. The van der Waals surface area contributed by atoms with Gasteiger partial charge in [-0.25, -0.2) is 9.59 Å². The van der Waals surface area contributed by atoms with Crippen LogP contribution >= 0.6 is 0 Å². The van der Waals surface area contributed by atoms with Gasteiger partial charge in [-0.05, 0) is 41.5 Å². The van der Waals surface area contributed by atoms with Crippen LogP contribution in [-0.2, 0) is 13.1 Å². The van der Waals surface area contributed by atoms with Crippen molar-refractivity contribution in [2.45, 2.75) is 39.3 Å². The molecule has 1 saturated carbocycles. The van der Waals surface area contributed by atoms with Crippen molar-refractivity contribution in [3.05, 3.63) is 34.9 Å². The maximum atomic E-state index is 12.2. The maximum absolute atomic E-state index is 12.2. The van der Waals surface area contributed by atoms with E-state index in [2.05, 4.69) is 12.2 Å². The van der Waals surface area contributed by atoms with E-state index in [4.69, 9.17) is 5.11 Å². The molecule has 0 atom stereocenters. The molecule has 2 aliphatic rings. The van der Waals surface area contributed by atoms with Crippen molar-refractivity contribution in [1.29, 1.82) is 0 Å². The molecule has 0 spiro atoms. The fourth-order valence-electron chi connectivity index (χ4n) is 3.03. The predicted molar refractivity (Wildman–Crippen MR) is 78.0 cm³/mol. The van der Waals surface area contributed by atoms with Crippen LogP contribution in [0, 0.1) is 5.41 Å². The van der Waals surface area contributed by atoms with E-state index in [1.54, 1.807) is 23.1 Å². The quantitative estimate of drug-likeness (QED) is 0.898. The molecule has 0 unspecified atom stereocenters. The van der Waals surface area contributed by atoms with Gasteiger partial charge < -0.3 is 15.3 Å². The first-order valence-corrected chi connectivity index (χ1v) is 7.35. The molecule has 1 heterocycles. The molecular formula is C16H20N2O3. The molecule has 3 rings (SSSR count). The first kappa shape index (κ1) is 13.9. The summed E-state index contributed by atoms with van der Waals surface area (Å²) in [6.07, 6.45) is 3.60. The number of urea groups is 1. The monoisotopic (exact) mass is 288 g/mol. The van der Waals surface area contributed by atoms with Crippen molar-refractivity contribution >= 4 is 12.0 Å². The third-order valence-electron chi connectivity index (χ3n) is 4.69. The average Bonchev–Trinajstić information content (AvgIpc) is 2.85. The number of carbonyl (C=O) groups is 2. The molecule has 1 aromatic rings. The zero-order valence-electron chi connectivity index (χ0n) is 12.2. The van der Waals surface area contributed by atoms with Crippen molar-refractivity contribution in [3.63, 3.8) is 0 Å². The lowest BCUT2D eigenvalue weighted by atomic mass is 9.70. The summed E-state index contributed by atoms with van der Waals surface area (Å²) in [4.78, 5) is 24.9. The van der Waals surface area contributed by atoms with Crippen molar-refractivity contribution in [1.82, 2.24) is 10.2 Å². The number of fused-ring (bicyclic) bond motifs is 1. The van der Waals surface area contributed by atoms with Crippen LogP contribution in [0.5, 0.6) is 0 Å². The molecule has 0 radical (unpaired) electrons. The SMILES string of the molecule is CC1(CNC(=O)N2Cc3ccc(C(=O)O)cc3C2)CCC1. The van der Waals surface area contributed by atoms with Crippen molar-refractivity contribution in [2.24, 2.45) is 5.41 Å². The van der Waals surface area contributed by atoms with E-state index in [1.807, 2.05) is 0 Å². The highest BCUT2D eigenvalue weighted by Crippen LogP contribution is 2.39. The molecule has 21 heavy (non-hydrogen) atoms. The van der Waals surface area contributed by atoms with E-state index in [9.17, 15) is 9.59 Å². The Balaban J connectivity index is 1.61. The van der Waals surface area contributed by atoms with Crippen LogP contribution < -0.4 is 5.32 Å². The van der Waals surface area contributed by atoms with Gasteiger partial charge in [0.1, 0.15) is 0 Å². The molecule has 1 aliphatic carbocycles. The fraction of sp³-hybridized carbons (Fsp3) is 0.500. The van der Waals surface area contributed by atoms with Gasteiger partial charge in [-0.2, -0.15) is 0 Å². The minimum atomic E-state index is -0.932. The Bertz CT molecular complexity index is 593. The smallest absolute Gasteiger partial charge is 0.335 e. The van der Waals surface area contributed by atoms with Gasteiger partial charge >= 0.3 is 12.0 Å². The molecule has 1 aliphatic heterocycles. The second kappa shape index (κ2) is 5.06. The molecule has 112 valence electrons. The van der Waals surface area contributed by atoms with Gasteiger partial charge in [-0.1, -0.05) is 19.4 Å². The number of amides is 2. The van der Waals surface area contributed by atoms with Gasteiger partial charge in [0.25, 0.3) is 0 Å². The summed E-state index contributed by atoms with van der Waals surface area (Å²) < 4.78 is 0. The third kappa shape index (κ3) is 2.73. The van der Waals surface area contributed by atoms with Crippen LogP contribution in [0.3, 0.4) is 0 Å². The minimum Gasteiger partial charge on any atom is -0.478 e. The van der Waals surface area contributed by atoms with Crippen LogP contribution in [0.25, 0.3) is 0 Å². The summed E-state index contributed by atoms with van der Waals surface area (Å²) in [7, 11) is 0. The highest BCUT2D eigenvalue weighted by Gasteiger charge is 2.33. The number of carboxylic acids is 1. The standard InChI is InChI=1S/C16H20N2O3/c1-16(5-2-6-16)10-17-15(21)18-8-12-4-3-11(14(19)20)7-13(12)9-18/h3-4,7H,2,5-6,8-10H2,1H3,(H,17,21)(H,19,20). The highest BCUT2D eigenvalue weighted by atomic mass is 16.4. The van der Waals surface area contributed by atoms with Gasteiger partial charge in [-0.3, -0.25) is 0 Å². The van der Waals surface area contributed by atoms with E-state index >= 15 is 0 Å². The number of aromatic carboxylic acids is 1. The van der Waals surface area contributed by atoms with Crippen LogP contribution in [-0.4, -0.2) is 28.6 Å². The van der Waals surface area contributed by atoms with Crippen LogP contribution in [0.2, 0.25) is 0 Å². The Morgan fingerprint density at radius 2 is 2.00 bits per heavy atom. The van der Waals surface area contributed by atoms with E-state index in [0.29, 0.717) is 13.1 Å². The minimum absolute atomic E-state index is 0.0591. The predicted octanol–water partition coefficient (Wildman–Crippen LogP) is 2.60. The summed E-state index contributed by atoms with van der Waals surface area (Å²) in [5.41, 5.74) is 2.50. The van der Waals surface area contributed by atoms with E-state index in [-0.39, 0.29) is 17.0 Å². The second-order valence-corrected chi connectivity index (χ2v) is 6.47. The molecule has 0 bridgehead atoms. The number of carboxylic acid groups (broad SMARTS) is 1. The normalized spacial score (nSPS) is 18.8. The topological polar surface area (TPSA) is 69.6 Å². The molecule has 0 aromatic heterocycles. The Hall–Kier alpha value is -2.04. The first-order chi connectivity index (χ1) is 9.97. The summed E-state index contributed by atoms with van der Waals surface area (Å²) in [6.45, 7) is 3.96. The Kier molecular flexibility index (Phi) is 3.35. The number of nitrogens with one attached hydrogen (secondary N) is 1. The van der Waals surface area contributed by atoms with E-state index < -0.39 is 5.97 Å². The number of rotatable bonds is 3. The molecule has 2 amide bonds. The zero-order chi connectivity index (χ0) is 15.0. The first-order valence-electron chi connectivity index (χ1n) is 7.35. The molecular weight excluding hydrogens is 268 g/mol. The lowest BCUT2D eigenvalue weighted by Crippen LogP contribution is -2.44. The van der Waals surface area contributed by atoms with Crippen molar-refractivity contribution in [2.75, 3.05) is 6.54 Å². The largest absolute Gasteiger partial charge is 0.478 e. The zero-order valence-corrected chi connectivity index (χ0v) is 12.2. The number of hydrogen-bond donors (Lipinski definition) is 2. The van der Waals surface area contributed by atoms with Crippen molar-refractivity contribution < 1.29 is 14.7 Å². The molecule has 2 N–H and O–H groups in total. The van der Waals surface area contributed by atoms with E-state index in [0.717, 1.165) is 17.7 Å². The number of nitrogens with zero attached hydrogens (tertiary/aromatic N) is 1. The summed E-state index contributed by atoms with van der Waals surface area (Å²) in [5, 5.41) is 12.0. The highest BCUT2D eigenvalue weighted by molar-refractivity contribution is 5.88. The maximum Gasteiger partial charge on any atom is 0.335 e. The summed E-state index contributed by atoms with van der Waals surface area (Å²) in [6, 6.07) is 5.01. The van der Waals surface area contributed by atoms with Gasteiger partial charge in [0, 0.05) is 19.6 Å². The molecule has 0 saturated heterocycles. The van der Waals surface area contributed by atoms with Gasteiger partial charge in [0.2, 0.25) is 0 Å². The van der Waals surface area contributed by atoms with Crippen LogP contribution in [0.4, 0.5) is 4.79 Å². The molecule has 5 nitrogen and oxygen atoms in total. The van der Waals surface area contributed by atoms with Crippen LogP contribution in [0.1, 0.15) is 47.7 Å². The molecule has 1 aromatic carbocycles. The summed E-state index contributed by atoms with van der Waals surface area (Å²) in [5.74, 6) is -0.932. The average molecular weight is 288 g/mol. The Labute approximate surface area is 123 Å². The number of carbonyl (C=O) groups excluding carboxylic acids is 1. The Morgan fingerprint density at radius 3 is 2.62 bits per heavy atom. The van der Waals surface area contributed by atoms with Crippen molar-refractivity contribution in [3.8, 4) is 0 Å². The Morgan fingerprint density at radius 1 is 1.29 bits per heavy atom. The van der Waals surface area contributed by atoms with Gasteiger partial charge in [-0.15, -0.1) is 0 Å². The lowest BCUT2D eigenvalue weighted by Gasteiger charge is -2.38. The molecule has 5 heteroatoms. The summed E-state index contributed by atoms with van der Waals surface area (Å²) >= 11 is 0. The van der Waals surface area contributed by atoms with Gasteiger partial charge in [0.15, 0.2) is 0 Å². The number of benzene rings is 1. The molecule has 1 fully saturated rings. The number of hydrogen-bond acceptors (Lipinski definition) is 2. The second-order valence-electron chi connectivity index (χ2n) is 6.47. The fourth-order valence-corrected chi connectivity index (χ4v) is 3.03.